The Labute approximate surface area is 133 Å². The zero-order chi connectivity index (χ0) is 15.8. The van der Waals surface area contributed by atoms with Crippen LogP contribution in [0.15, 0.2) is 22.6 Å². The first-order valence-electron chi connectivity index (χ1n) is 7.69. The molecule has 0 aliphatic carbocycles. The molecule has 0 spiro atoms. The highest BCUT2D eigenvalue weighted by Crippen LogP contribution is 2.33. The zero-order valence-corrected chi connectivity index (χ0v) is 12.8. The van der Waals surface area contributed by atoms with E-state index in [1.165, 1.54) is 0 Å². The lowest BCUT2D eigenvalue weighted by Crippen LogP contribution is -2.38. The number of fused-ring (bicyclic) bond motifs is 1. The Morgan fingerprint density at radius 3 is 2.70 bits per heavy atom. The predicted octanol–water partition coefficient (Wildman–Crippen LogP) is 2.13. The molecule has 0 N–H and O–H groups in total. The number of rotatable bonds is 2. The lowest BCUT2D eigenvalue weighted by atomic mass is 9.96. The van der Waals surface area contributed by atoms with Crippen LogP contribution >= 0.6 is 0 Å². The molecule has 0 unspecified atom stereocenters. The Morgan fingerprint density at radius 2 is 1.96 bits per heavy atom. The number of likely N-dealkylation sites (tertiary alicyclic amines) is 1. The standard InChI is InChI=1S/C16H17N3O4/c1-10-17-18-15(23-10)11-4-6-19(7-5-11)16(20)12-2-3-13-14(8-12)22-9-21-13/h2-3,8,11H,4-7,9H2,1H3. The SMILES string of the molecule is Cc1nnc(C2CCN(C(=O)c3ccc4c(c3)OCO4)CC2)o1. The molecule has 1 amide bonds. The molecule has 4 rings (SSSR count). The molecule has 120 valence electrons. The summed E-state index contributed by atoms with van der Waals surface area (Å²) < 4.78 is 16.1. The molecule has 0 bridgehead atoms. The minimum Gasteiger partial charge on any atom is -0.454 e. The van der Waals surface area contributed by atoms with Gasteiger partial charge in [-0.25, -0.2) is 0 Å². The van der Waals surface area contributed by atoms with Crippen LogP contribution in [0.4, 0.5) is 0 Å². The minimum atomic E-state index is 0.0171. The van der Waals surface area contributed by atoms with Crippen molar-refractivity contribution in [2.45, 2.75) is 25.7 Å². The Hall–Kier alpha value is -2.57. The largest absolute Gasteiger partial charge is 0.454 e. The van der Waals surface area contributed by atoms with Crippen molar-refractivity contribution in [3.05, 3.63) is 35.5 Å². The van der Waals surface area contributed by atoms with E-state index in [4.69, 9.17) is 13.9 Å². The highest BCUT2D eigenvalue weighted by atomic mass is 16.7. The summed E-state index contributed by atoms with van der Waals surface area (Å²) in [4.78, 5) is 14.5. The van der Waals surface area contributed by atoms with Crippen LogP contribution in [0.25, 0.3) is 0 Å². The number of nitrogens with zero attached hydrogens (tertiary/aromatic N) is 3. The number of carbonyl (C=O) groups excluding carboxylic acids is 1. The molecule has 1 aromatic carbocycles. The van der Waals surface area contributed by atoms with Gasteiger partial charge in [-0.3, -0.25) is 4.79 Å². The molecule has 7 nitrogen and oxygen atoms in total. The fraction of sp³-hybridized carbons (Fsp3) is 0.438. The van der Waals surface area contributed by atoms with Crippen LogP contribution in [0.3, 0.4) is 0 Å². The normalized spacial score (nSPS) is 17.5. The molecule has 0 atom stereocenters. The fourth-order valence-corrected chi connectivity index (χ4v) is 3.02. The second kappa shape index (κ2) is 5.57. The smallest absolute Gasteiger partial charge is 0.253 e. The summed E-state index contributed by atoms with van der Waals surface area (Å²) in [5.74, 6) is 2.83. The summed E-state index contributed by atoms with van der Waals surface area (Å²) in [6.07, 6.45) is 1.66. The molecule has 3 heterocycles. The highest BCUT2D eigenvalue weighted by molar-refractivity contribution is 5.95. The van der Waals surface area contributed by atoms with Gasteiger partial charge < -0.3 is 18.8 Å². The van der Waals surface area contributed by atoms with Gasteiger partial charge in [-0.15, -0.1) is 10.2 Å². The third-order valence-electron chi connectivity index (χ3n) is 4.29. The van der Waals surface area contributed by atoms with Gasteiger partial charge in [0.1, 0.15) is 0 Å². The van der Waals surface area contributed by atoms with Crippen LogP contribution in [0.5, 0.6) is 11.5 Å². The molecule has 2 aliphatic rings. The van der Waals surface area contributed by atoms with E-state index in [9.17, 15) is 4.79 Å². The van der Waals surface area contributed by atoms with E-state index < -0.39 is 0 Å². The third-order valence-corrected chi connectivity index (χ3v) is 4.29. The maximum Gasteiger partial charge on any atom is 0.253 e. The van der Waals surface area contributed by atoms with Crippen molar-refractivity contribution in [3.63, 3.8) is 0 Å². The van der Waals surface area contributed by atoms with E-state index in [-0.39, 0.29) is 18.6 Å². The summed E-state index contributed by atoms with van der Waals surface area (Å²) in [7, 11) is 0. The molecular formula is C16H17N3O4. The van der Waals surface area contributed by atoms with Crippen molar-refractivity contribution in [1.82, 2.24) is 15.1 Å². The second-order valence-corrected chi connectivity index (χ2v) is 5.79. The Morgan fingerprint density at radius 1 is 1.17 bits per heavy atom. The van der Waals surface area contributed by atoms with Crippen molar-refractivity contribution in [2.24, 2.45) is 0 Å². The van der Waals surface area contributed by atoms with Gasteiger partial charge in [-0.2, -0.15) is 0 Å². The van der Waals surface area contributed by atoms with Crippen molar-refractivity contribution in [1.29, 1.82) is 0 Å². The van der Waals surface area contributed by atoms with Crippen LogP contribution in [-0.4, -0.2) is 40.9 Å². The topological polar surface area (TPSA) is 77.7 Å². The Kier molecular flexibility index (Phi) is 3.40. The number of ether oxygens (including phenoxy) is 2. The number of amides is 1. The number of hydrogen-bond acceptors (Lipinski definition) is 6. The van der Waals surface area contributed by atoms with Gasteiger partial charge in [0.15, 0.2) is 11.5 Å². The predicted molar refractivity (Wildman–Crippen MR) is 79.5 cm³/mol. The fourth-order valence-electron chi connectivity index (χ4n) is 3.02. The van der Waals surface area contributed by atoms with Gasteiger partial charge in [0.25, 0.3) is 5.91 Å². The summed E-state index contributed by atoms with van der Waals surface area (Å²) >= 11 is 0. The first-order chi connectivity index (χ1) is 11.2. The van der Waals surface area contributed by atoms with E-state index in [2.05, 4.69) is 10.2 Å². The number of carbonyl (C=O) groups is 1. The monoisotopic (exact) mass is 315 g/mol. The van der Waals surface area contributed by atoms with Crippen LogP contribution in [0.2, 0.25) is 0 Å². The summed E-state index contributed by atoms with van der Waals surface area (Å²) in [6.45, 7) is 3.36. The second-order valence-electron chi connectivity index (χ2n) is 5.79. The van der Waals surface area contributed by atoms with Gasteiger partial charge in [-0.1, -0.05) is 0 Å². The molecule has 7 heteroatoms. The third kappa shape index (κ3) is 2.62. The van der Waals surface area contributed by atoms with Gasteiger partial charge >= 0.3 is 0 Å². The lowest BCUT2D eigenvalue weighted by Gasteiger charge is -2.30. The summed E-state index contributed by atoms with van der Waals surface area (Å²) in [5, 5.41) is 7.96. The zero-order valence-electron chi connectivity index (χ0n) is 12.8. The van der Waals surface area contributed by atoms with Gasteiger partial charge in [-0.05, 0) is 31.0 Å². The number of aryl methyl sites for hydroxylation is 1. The molecule has 0 saturated carbocycles. The summed E-state index contributed by atoms with van der Waals surface area (Å²) in [5.41, 5.74) is 0.626. The molecule has 0 radical (unpaired) electrons. The van der Waals surface area contributed by atoms with Crippen LogP contribution in [0.1, 0.15) is 40.9 Å². The van der Waals surface area contributed by atoms with Crippen molar-refractivity contribution >= 4 is 5.91 Å². The molecular weight excluding hydrogens is 298 g/mol. The molecule has 1 aromatic heterocycles. The van der Waals surface area contributed by atoms with Crippen LogP contribution in [-0.2, 0) is 0 Å². The van der Waals surface area contributed by atoms with Crippen LogP contribution < -0.4 is 9.47 Å². The average molecular weight is 315 g/mol. The van der Waals surface area contributed by atoms with Gasteiger partial charge in [0.2, 0.25) is 18.6 Å². The van der Waals surface area contributed by atoms with Gasteiger partial charge in [0, 0.05) is 31.5 Å². The molecule has 1 saturated heterocycles. The quantitative estimate of drug-likeness (QED) is 0.845. The van der Waals surface area contributed by atoms with E-state index >= 15 is 0 Å². The van der Waals surface area contributed by atoms with E-state index in [0.29, 0.717) is 41.9 Å². The summed E-state index contributed by atoms with van der Waals surface area (Å²) in [6, 6.07) is 5.31. The van der Waals surface area contributed by atoms with Crippen LogP contribution in [0, 0.1) is 6.92 Å². The maximum atomic E-state index is 12.6. The van der Waals surface area contributed by atoms with Crippen molar-refractivity contribution < 1.29 is 18.7 Å². The van der Waals surface area contributed by atoms with E-state index in [0.717, 1.165) is 12.8 Å². The molecule has 23 heavy (non-hydrogen) atoms. The van der Waals surface area contributed by atoms with Gasteiger partial charge in [0.05, 0.1) is 0 Å². The Balaban J connectivity index is 1.43. The maximum absolute atomic E-state index is 12.6. The minimum absolute atomic E-state index is 0.0171. The first-order valence-corrected chi connectivity index (χ1v) is 7.69. The number of benzene rings is 1. The average Bonchev–Trinajstić information content (AvgIpc) is 3.22. The van der Waals surface area contributed by atoms with Crippen molar-refractivity contribution in [2.75, 3.05) is 19.9 Å². The first kappa shape index (κ1) is 14.0. The number of aromatic nitrogens is 2. The number of hydrogen-bond donors (Lipinski definition) is 0. The highest BCUT2D eigenvalue weighted by Gasteiger charge is 2.28. The molecule has 1 fully saturated rings. The molecule has 2 aliphatic heterocycles. The lowest BCUT2D eigenvalue weighted by molar-refractivity contribution is 0.0705. The van der Waals surface area contributed by atoms with E-state index in [1.807, 2.05) is 4.90 Å². The number of piperidine rings is 1. The molecule has 2 aromatic rings. The van der Waals surface area contributed by atoms with Crippen molar-refractivity contribution in [3.8, 4) is 11.5 Å². The van der Waals surface area contributed by atoms with E-state index in [1.54, 1.807) is 25.1 Å². The Bertz CT molecular complexity index is 735.